The fraction of sp³-hybridized carbons (Fsp3) is 0.350. The van der Waals surface area contributed by atoms with Gasteiger partial charge in [-0.05, 0) is 42.5 Å². The molecule has 0 unspecified atom stereocenters. The number of benzene rings is 1. The standard InChI is InChI=1S/C20H23N3O4S/c1-13(24)21-15-5-6-17(27-2)16(12-15)22-19(25)14-7-9-23(10-8-14)20(26)18-4-3-11-28-18/h3-6,11-12,14H,7-10H2,1-2H3,(H,21,24)(H,22,25). The summed E-state index contributed by atoms with van der Waals surface area (Å²) < 4.78 is 5.30. The second kappa shape index (κ2) is 8.88. The van der Waals surface area contributed by atoms with Gasteiger partial charge in [0.1, 0.15) is 5.75 Å². The second-order valence-corrected chi connectivity index (χ2v) is 7.58. The van der Waals surface area contributed by atoms with Crippen molar-refractivity contribution in [3.8, 4) is 5.75 Å². The minimum Gasteiger partial charge on any atom is -0.495 e. The summed E-state index contributed by atoms with van der Waals surface area (Å²) in [5, 5.41) is 7.48. The summed E-state index contributed by atoms with van der Waals surface area (Å²) in [6, 6.07) is 8.77. The molecular weight excluding hydrogens is 378 g/mol. The van der Waals surface area contributed by atoms with Gasteiger partial charge >= 0.3 is 0 Å². The van der Waals surface area contributed by atoms with Gasteiger partial charge in [-0.2, -0.15) is 0 Å². The molecule has 1 aromatic heterocycles. The zero-order valence-electron chi connectivity index (χ0n) is 15.9. The summed E-state index contributed by atoms with van der Waals surface area (Å²) >= 11 is 1.43. The molecule has 0 radical (unpaired) electrons. The van der Waals surface area contributed by atoms with E-state index in [0.29, 0.717) is 43.1 Å². The molecule has 8 heteroatoms. The Morgan fingerprint density at radius 1 is 1.14 bits per heavy atom. The van der Waals surface area contributed by atoms with Crippen LogP contribution in [0, 0.1) is 5.92 Å². The number of nitrogens with one attached hydrogen (secondary N) is 2. The highest BCUT2D eigenvalue weighted by molar-refractivity contribution is 7.12. The maximum atomic E-state index is 12.7. The third-order valence-corrected chi connectivity index (χ3v) is 5.52. The minimum atomic E-state index is -0.190. The molecule has 2 heterocycles. The lowest BCUT2D eigenvalue weighted by atomic mass is 9.95. The summed E-state index contributed by atoms with van der Waals surface area (Å²) in [5.74, 6) is 0.0690. The Kier molecular flexibility index (Phi) is 6.30. The van der Waals surface area contributed by atoms with Gasteiger partial charge in [0.25, 0.3) is 5.91 Å². The Morgan fingerprint density at radius 3 is 2.50 bits per heavy atom. The molecule has 3 amide bonds. The molecule has 2 N–H and O–H groups in total. The summed E-state index contributed by atoms with van der Waals surface area (Å²) in [5.41, 5.74) is 1.09. The zero-order chi connectivity index (χ0) is 20.1. The highest BCUT2D eigenvalue weighted by atomic mass is 32.1. The van der Waals surface area contributed by atoms with Crippen LogP contribution in [-0.4, -0.2) is 42.8 Å². The van der Waals surface area contributed by atoms with Crippen molar-refractivity contribution in [3.05, 3.63) is 40.6 Å². The predicted octanol–water partition coefficient (Wildman–Crippen LogP) is 3.21. The monoisotopic (exact) mass is 401 g/mol. The van der Waals surface area contributed by atoms with Crippen molar-refractivity contribution in [2.45, 2.75) is 19.8 Å². The van der Waals surface area contributed by atoms with Crippen molar-refractivity contribution in [3.63, 3.8) is 0 Å². The lowest BCUT2D eigenvalue weighted by Crippen LogP contribution is -2.41. The van der Waals surface area contributed by atoms with E-state index in [1.54, 1.807) is 23.1 Å². The molecule has 1 aromatic carbocycles. The first-order chi connectivity index (χ1) is 13.5. The summed E-state index contributed by atoms with van der Waals surface area (Å²) in [6.07, 6.45) is 1.22. The first-order valence-electron chi connectivity index (χ1n) is 9.07. The molecule has 0 atom stereocenters. The molecule has 2 aromatic rings. The molecule has 0 saturated carbocycles. The number of amides is 3. The van der Waals surface area contributed by atoms with Gasteiger partial charge in [-0.25, -0.2) is 0 Å². The number of anilines is 2. The number of methoxy groups -OCH3 is 1. The average Bonchev–Trinajstić information content (AvgIpc) is 3.22. The number of likely N-dealkylation sites (tertiary alicyclic amines) is 1. The van der Waals surface area contributed by atoms with Crippen molar-refractivity contribution in [1.82, 2.24) is 4.90 Å². The van der Waals surface area contributed by atoms with Crippen LogP contribution in [0.4, 0.5) is 11.4 Å². The summed E-state index contributed by atoms with van der Waals surface area (Å²) in [4.78, 5) is 38.9. The Morgan fingerprint density at radius 2 is 1.89 bits per heavy atom. The SMILES string of the molecule is COc1ccc(NC(C)=O)cc1NC(=O)C1CCN(C(=O)c2cccs2)CC1. The van der Waals surface area contributed by atoms with Crippen LogP contribution in [0.1, 0.15) is 29.4 Å². The van der Waals surface area contributed by atoms with Gasteiger partial charge in [0, 0.05) is 31.6 Å². The van der Waals surface area contributed by atoms with Crippen molar-refractivity contribution in [2.75, 3.05) is 30.8 Å². The fourth-order valence-electron chi connectivity index (χ4n) is 3.22. The van der Waals surface area contributed by atoms with Gasteiger partial charge < -0.3 is 20.3 Å². The summed E-state index contributed by atoms with van der Waals surface area (Å²) in [7, 11) is 1.53. The fourth-order valence-corrected chi connectivity index (χ4v) is 3.91. The van der Waals surface area contributed by atoms with Crippen LogP contribution in [-0.2, 0) is 9.59 Å². The number of hydrogen-bond donors (Lipinski definition) is 2. The Bertz CT molecular complexity index is 858. The van der Waals surface area contributed by atoms with E-state index in [0.717, 1.165) is 4.88 Å². The predicted molar refractivity (Wildman–Crippen MR) is 109 cm³/mol. The third kappa shape index (κ3) is 4.69. The van der Waals surface area contributed by atoms with Crippen molar-refractivity contribution in [1.29, 1.82) is 0 Å². The molecule has 1 aliphatic heterocycles. The van der Waals surface area contributed by atoms with Gasteiger partial charge in [-0.1, -0.05) is 6.07 Å². The average molecular weight is 401 g/mol. The van der Waals surface area contributed by atoms with Crippen LogP contribution in [0.25, 0.3) is 0 Å². The molecule has 0 spiro atoms. The molecule has 7 nitrogen and oxygen atoms in total. The molecular formula is C20H23N3O4S. The van der Waals surface area contributed by atoms with Crippen LogP contribution < -0.4 is 15.4 Å². The smallest absolute Gasteiger partial charge is 0.263 e. The van der Waals surface area contributed by atoms with Crippen molar-refractivity contribution < 1.29 is 19.1 Å². The Labute approximate surface area is 167 Å². The molecule has 3 rings (SSSR count). The largest absolute Gasteiger partial charge is 0.495 e. The first-order valence-corrected chi connectivity index (χ1v) is 9.95. The van der Waals surface area contributed by atoms with E-state index in [-0.39, 0.29) is 23.6 Å². The highest BCUT2D eigenvalue weighted by Gasteiger charge is 2.28. The lowest BCUT2D eigenvalue weighted by molar-refractivity contribution is -0.121. The number of hydrogen-bond acceptors (Lipinski definition) is 5. The number of piperidine rings is 1. The number of carbonyl (C=O) groups excluding carboxylic acids is 3. The number of ether oxygens (including phenoxy) is 1. The summed E-state index contributed by atoms with van der Waals surface area (Å²) in [6.45, 7) is 2.53. The van der Waals surface area contributed by atoms with Gasteiger partial charge in [0.05, 0.1) is 17.7 Å². The molecule has 1 fully saturated rings. The van der Waals surface area contributed by atoms with Crippen LogP contribution in [0.2, 0.25) is 0 Å². The minimum absolute atomic E-state index is 0.0264. The molecule has 1 saturated heterocycles. The quantitative estimate of drug-likeness (QED) is 0.805. The topological polar surface area (TPSA) is 87.7 Å². The molecule has 0 aliphatic carbocycles. The number of rotatable bonds is 5. The zero-order valence-corrected chi connectivity index (χ0v) is 16.7. The van der Waals surface area contributed by atoms with Crippen LogP contribution in [0.5, 0.6) is 5.75 Å². The Hall–Kier alpha value is -2.87. The van der Waals surface area contributed by atoms with Gasteiger partial charge in [-0.3, -0.25) is 14.4 Å². The van der Waals surface area contributed by atoms with E-state index in [1.165, 1.54) is 25.4 Å². The van der Waals surface area contributed by atoms with Gasteiger partial charge in [0.2, 0.25) is 11.8 Å². The molecule has 148 valence electrons. The Balaban J connectivity index is 1.61. The maximum absolute atomic E-state index is 12.7. The lowest BCUT2D eigenvalue weighted by Gasteiger charge is -2.31. The first kappa shape index (κ1) is 19.9. The van der Waals surface area contributed by atoms with E-state index in [9.17, 15) is 14.4 Å². The number of thiophene rings is 1. The van der Waals surface area contributed by atoms with E-state index >= 15 is 0 Å². The third-order valence-electron chi connectivity index (χ3n) is 4.66. The van der Waals surface area contributed by atoms with Crippen LogP contribution in [0.15, 0.2) is 35.7 Å². The number of carbonyl (C=O) groups is 3. The van der Waals surface area contributed by atoms with E-state index in [2.05, 4.69) is 10.6 Å². The van der Waals surface area contributed by atoms with Crippen molar-refractivity contribution in [2.24, 2.45) is 5.92 Å². The van der Waals surface area contributed by atoms with Crippen LogP contribution >= 0.6 is 11.3 Å². The van der Waals surface area contributed by atoms with Crippen LogP contribution in [0.3, 0.4) is 0 Å². The van der Waals surface area contributed by atoms with Crippen molar-refractivity contribution >= 4 is 40.4 Å². The molecule has 1 aliphatic rings. The normalized spacial score (nSPS) is 14.4. The van der Waals surface area contributed by atoms with Gasteiger partial charge in [0.15, 0.2) is 0 Å². The second-order valence-electron chi connectivity index (χ2n) is 6.63. The van der Waals surface area contributed by atoms with E-state index in [4.69, 9.17) is 4.74 Å². The molecule has 0 bridgehead atoms. The number of nitrogens with zero attached hydrogens (tertiary/aromatic N) is 1. The van der Waals surface area contributed by atoms with E-state index in [1.807, 2.05) is 17.5 Å². The molecule has 28 heavy (non-hydrogen) atoms. The van der Waals surface area contributed by atoms with Gasteiger partial charge in [-0.15, -0.1) is 11.3 Å². The maximum Gasteiger partial charge on any atom is 0.263 e. The van der Waals surface area contributed by atoms with E-state index < -0.39 is 0 Å². The highest BCUT2D eigenvalue weighted by Crippen LogP contribution is 2.29.